The standard InChI is InChI=1S/C15H23F5O/c1-9-2-4-10(5-3-9)11-6-7-13(12(16)8-11)21-14(17)15(18,19)20/h9-14H,2-8H2,1H3. The molecule has 124 valence electrons. The molecule has 21 heavy (non-hydrogen) atoms. The fraction of sp³-hybridized carbons (Fsp3) is 1.00. The highest BCUT2D eigenvalue weighted by molar-refractivity contribution is 4.86. The van der Waals surface area contributed by atoms with Crippen molar-refractivity contribution in [3.8, 4) is 0 Å². The van der Waals surface area contributed by atoms with Crippen LogP contribution in [0.25, 0.3) is 0 Å². The highest BCUT2D eigenvalue weighted by atomic mass is 19.4. The van der Waals surface area contributed by atoms with Crippen LogP contribution in [-0.2, 0) is 4.74 Å². The summed E-state index contributed by atoms with van der Waals surface area (Å²) in [4.78, 5) is 0. The van der Waals surface area contributed by atoms with Gasteiger partial charge in [0, 0.05) is 0 Å². The van der Waals surface area contributed by atoms with Crippen molar-refractivity contribution in [2.45, 2.75) is 76.7 Å². The highest BCUT2D eigenvalue weighted by Crippen LogP contribution is 2.42. The molecule has 0 aromatic heterocycles. The second-order valence-electron chi connectivity index (χ2n) is 6.64. The lowest BCUT2D eigenvalue weighted by Gasteiger charge is -2.39. The minimum atomic E-state index is -5.07. The molecule has 0 spiro atoms. The first kappa shape index (κ1) is 17.0. The van der Waals surface area contributed by atoms with Crippen molar-refractivity contribution in [1.82, 2.24) is 0 Å². The predicted octanol–water partition coefficient (Wildman–Crippen LogP) is 5.19. The number of hydrogen-bond acceptors (Lipinski definition) is 1. The van der Waals surface area contributed by atoms with Crippen molar-refractivity contribution in [3.63, 3.8) is 0 Å². The summed E-state index contributed by atoms with van der Waals surface area (Å²) in [6.07, 6.45) is -5.79. The molecule has 2 saturated carbocycles. The third-order valence-electron chi connectivity index (χ3n) is 5.03. The van der Waals surface area contributed by atoms with Crippen LogP contribution >= 0.6 is 0 Å². The summed E-state index contributed by atoms with van der Waals surface area (Å²) in [7, 11) is 0. The molecule has 2 aliphatic carbocycles. The molecule has 0 radical (unpaired) electrons. The third kappa shape index (κ3) is 4.54. The quantitative estimate of drug-likeness (QED) is 0.651. The Morgan fingerprint density at radius 2 is 1.52 bits per heavy atom. The second-order valence-corrected chi connectivity index (χ2v) is 6.64. The molecule has 2 fully saturated rings. The van der Waals surface area contributed by atoms with Gasteiger partial charge >= 0.3 is 6.18 Å². The minimum absolute atomic E-state index is 0.175. The molecule has 6 heteroatoms. The average molecular weight is 314 g/mol. The van der Waals surface area contributed by atoms with Gasteiger partial charge in [-0.05, 0) is 49.9 Å². The molecule has 1 nitrogen and oxygen atoms in total. The highest BCUT2D eigenvalue weighted by Gasteiger charge is 2.45. The summed E-state index contributed by atoms with van der Waals surface area (Å²) in [5.41, 5.74) is 0. The summed E-state index contributed by atoms with van der Waals surface area (Å²) >= 11 is 0. The number of ether oxygens (including phenoxy) is 1. The Labute approximate surface area is 122 Å². The van der Waals surface area contributed by atoms with E-state index in [1.807, 2.05) is 0 Å². The normalized spacial score (nSPS) is 40.0. The van der Waals surface area contributed by atoms with E-state index in [1.54, 1.807) is 0 Å². The summed E-state index contributed by atoms with van der Waals surface area (Å²) < 4.78 is 67.5. The Kier molecular flexibility index (Phi) is 5.49. The van der Waals surface area contributed by atoms with Gasteiger partial charge in [0.15, 0.2) is 0 Å². The van der Waals surface area contributed by atoms with E-state index in [0.29, 0.717) is 18.3 Å². The molecule has 0 aromatic carbocycles. The maximum atomic E-state index is 14.0. The van der Waals surface area contributed by atoms with Gasteiger partial charge in [0.2, 0.25) is 0 Å². The van der Waals surface area contributed by atoms with Gasteiger partial charge in [-0.25, -0.2) is 8.78 Å². The van der Waals surface area contributed by atoms with Gasteiger partial charge in [0.25, 0.3) is 6.36 Å². The number of hydrogen-bond donors (Lipinski definition) is 0. The molecule has 4 atom stereocenters. The molecule has 0 N–H and O–H groups in total. The molecular weight excluding hydrogens is 291 g/mol. The molecule has 2 aliphatic rings. The van der Waals surface area contributed by atoms with E-state index < -0.39 is 24.8 Å². The second kappa shape index (κ2) is 6.80. The van der Waals surface area contributed by atoms with Gasteiger partial charge in [-0.2, -0.15) is 13.2 Å². The molecular formula is C15H23F5O. The first-order valence-corrected chi connectivity index (χ1v) is 7.77. The third-order valence-corrected chi connectivity index (χ3v) is 5.03. The van der Waals surface area contributed by atoms with Crippen LogP contribution in [0.2, 0.25) is 0 Å². The molecule has 0 amide bonds. The monoisotopic (exact) mass is 314 g/mol. The summed E-state index contributed by atoms with van der Waals surface area (Å²) in [6.45, 7) is 2.21. The SMILES string of the molecule is CC1CCC(C2CCC(OC(F)C(F)(F)F)C(F)C2)CC1. The molecule has 4 unspecified atom stereocenters. The predicted molar refractivity (Wildman–Crippen MR) is 69.2 cm³/mol. The van der Waals surface area contributed by atoms with Gasteiger partial charge in [0.1, 0.15) is 6.17 Å². The van der Waals surface area contributed by atoms with Crippen LogP contribution in [0.5, 0.6) is 0 Å². The maximum Gasteiger partial charge on any atom is 0.445 e. The van der Waals surface area contributed by atoms with Gasteiger partial charge in [0.05, 0.1) is 6.10 Å². The molecule has 0 heterocycles. The van der Waals surface area contributed by atoms with E-state index in [9.17, 15) is 22.0 Å². The molecule has 0 aliphatic heterocycles. The summed E-state index contributed by atoms with van der Waals surface area (Å²) in [6, 6.07) is 0. The summed E-state index contributed by atoms with van der Waals surface area (Å²) in [5, 5.41) is 0. The van der Waals surface area contributed by atoms with Gasteiger partial charge in [-0.3, -0.25) is 0 Å². The van der Waals surface area contributed by atoms with E-state index in [4.69, 9.17) is 0 Å². The van der Waals surface area contributed by atoms with Crippen molar-refractivity contribution >= 4 is 0 Å². The van der Waals surface area contributed by atoms with E-state index in [2.05, 4.69) is 11.7 Å². The minimum Gasteiger partial charge on any atom is -0.335 e. The van der Waals surface area contributed by atoms with E-state index in [-0.39, 0.29) is 18.8 Å². The zero-order valence-corrected chi connectivity index (χ0v) is 12.2. The van der Waals surface area contributed by atoms with Crippen LogP contribution < -0.4 is 0 Å². The van der Waals surface area contributed by atoms with Gasteiger partial charge in [-0.15, -0.1) is 0 Å². The number of halogens is 5. The summed E-state index contributed by atoms with van der Waals surface area (Å²) in [5.74, 6) is 1.38. The number of alkyl halides is 5. The zero-order valence-electron chi connectivity index (χ0n) is 12.2. The van der Waals surface area contributed by atoms with Gasteiger partial charge < -0.3 is 4.74 Å². The topological polar surface area (TPSA) is 9.23 Å². The van der Waals surface area contributed by atoms with Crippen molar-refractivity contribution in [3.05, 3.63) is 0 Å². The Morgan fingerprint density at radius 3 is 2.05 bits per heavy atom. The smallest absolute Gasteiger partial charge is 0.335 e. The van der Waals surface area contributed by atoms with Crippen LogP contribution in [0.4, 0.5) is 22.0 Å². The lowest BCUT2D eigenvalue weighted by molar-refractivity contribution is -0.285. The van der Waals surface area contributed by atoms with E-state index in [0.717, 1.165) is 25.7 Å². The van der Waals surface area contributed by atoms with Crippen molar-refractivity contribution in [2.24, 2.45) is 17.8 Å². The van der Waals surface area contributed by atoms with E-state index >= 15 is 0 Å². The Morgan fingerprint density at radius 1 is 0.952 bits per heavy atom. The van der Waals surface area contributed by atoms with Crippen LogP contribution in [-0.4, -0.2) is 24.8 Å². The zero-order chi connectivity index (χ0) is 15.6. The van der Waals surface area contributed by atoms with Crippen molar-refractivity contribution < 1.29 is 26.7 Å². The fourth-order valence-electron chi connectivity index (χ4n) is 3.69. The molecule has 0 bridgehead atoms. The van der Waals surface area contributed by atoms with Crippen LogP contribution in [0.1, 0.15) is 51.9 Å². The first-order chi connectivity index (χ1) is 9.77. The number of rotatable bonds is 3. The fourth-order valence-corrected chi connectivity index (χ4v) is 3.69. The lowest BCUT2D eigenvalue weighted by Crippen LogP contribution is -2.41. The Balaban J connectivity index is 1.82. The van der Waals surface area contributed by atoms with E-state index in [1.165, 1.54) is 0 Å². The van der Waals surface area contributed by atoms with Crippen molar-refractivity contribution in [1.29, 1.82) is 0 Å². The molecule has 0 saturated heterocycles. The van der Waals surface area contributed by atoms with Crippen LogP contribution in [0, 0.1) is 17.8 Å². The maximum absolute atomic E-state index is 14.0. The Bertz CT molecular complexity index is 325. The van der Waals surface area contributed by atoms with Gasteiger partial charge in [-0.1, -0.05) is 19.8 Å². The largest absolute Gasteiger partial charge is 0.445 e. The lowest BCUT2D eigenvalue weighted by atomic mass is 9.70. The Hall–Kier alpha value is -0.390. The van der Waals surface area contributed by atoms with Crippen LogP contribution in [0.3, 0.4) is 0 Å². The molecule has 2 rings (SSSR count). The first-order valence-electron chi connectivity index (χ1n) is 7.77. The average Bonchev–Trinajstić information content (AvgIpc) is 2.41. The molecule has 0 aromatic rings. The van der Waals surface area contributed by atoms with Crippen LogP contribution in [0.15, 0.2) is 0 Å². The van der Waals surface area contributed by atoms with Crippen molar-refractivity contribution in [2.75, 3.05) is 0 Å².